The molecule has 1 N–H and O–H groups in total. The average molecular weight is 504 g/mol. The van der Waals surface area contributed by atoms with E-state index in [4.69, 9.17) is 17.0 Å². The topological polar surface area (TPSA) is 32.6 Å². The van der Waals surface area contributed by atoms with Gasteiger partial charge in [0.25, 0.3) is 0 Å². The van der Waals surface area contributed by atoms with E-state index in [0.717, 1.165) is 35.1 Å². The number of rotatable bonds is 5. The number of aliphatic imine (C=N–C) groups is 1. The Balaban J connectivity index is 0.000000755. The predicted octanol–water partition coefficient (Wildman–Crippen LogP) is 6.70. The van der Waals surface area contributed by atoms with Crippen LogP contribution in [0.1, 0.15) is 42.0 Å². The average Bonchev–Trinajstić information content (AvgIpc) is 3.59. The molecule has 4 rings (SSSR count). The minimum absolute atomic E-state index is 0.312. The molecule has 0 atom stereocenters. The van der Waals surface area contributed by atoms with Crippen LogP contribution in [-0.4, -0.2) is 17.4 Å². The molecule has 0 unspecified atom stereocenters. The maximum absolute atomic E-state index is 11.1. The number of phenolic OH excluding ortho intramolecular Hbond substituents is 1. The molecule has 3 aromatic carbocycles. The van der Waals surface area contributed by atoms with Crippen molar-refractivity contribution in [2.75, 3.05) is 0 Å². The van der Waals surface area contributed by atoms with Crippen LogP contribution >= 0.6 is 17.0 Å². The van der Waals surface area contributed by atoms with Crippen molar-refractivity contribution in [3.63, 3.8) is 0 Å². The molecule has 0 amide bonds. The van der Waals surface area contributed by atoms with Crippen molar-refractivity contribution in [3.8, 4) is 5.75 Å². The molecule has 1 aliphatic carbocycles. The van der Waals surface area contributed by atoms with Gasteiger partial charge in [0.15, 0.2) is 0 Å². The van der Waals surface area contributed by atoms with Crippen molar-refractivity contribution in [3.05, 3.63) is 101 Å². The monoisotopic (exact) mass is 501 g/mol. The van der Waals surface area contributed by atoms with E-state index in [1.807, 2.05) is 60.8 Å². The fourth-order valence-corrected chi connectivity index (χ4v) is 3.50. The fourth-order valence-electron chi connectivity index (χ4n) is 3.50. The Labute approximate surface area is 191 Å². The Kier molecular flexibility index (Phi) is 8.12. The zero-order valence-corrected chi connectivity index (χ0v) is 20.2. The van der Waals surface area contributed by atoms with E-state index in [-0.39, 0.29) is 0 Å². The summed E-state index contributed by atoms with van der Waals surface area (Å²) >= 11 is -0.826. The van der Waals surface area contributed by atoms with E-state index in [9.17, 15) is 5.11 Å². The van der Waals surface area contributed by atoms with Gasteiger partial charge in [-0.25, -0.2) is 0 Å². The molecule has 148 valence electrons. The maximum atomic E-state index is 11.1. The van der Waals surface area contributed by atoms with E-state index >= 15 is 0 Å². The summed E-state index contributed by atoms with van der Waals surface area (Å²) in [6, 6.07) is 27.1. The van der Waals surface area contributed by atoms with Gasteiger partial charge in [0, 0.05) is 22.8 Å². The quantitative estimate of drug-likeness (QED) is 0.305. The summed E-state index contributed by atoms with van der Waals surface area (Å²) in [5, 5.41) is 11.1. The molecule has 0 bridgehead atoms. The first-order valence-corrected chi connectivity index (χ1v) is 15.9. The number of para-hydroxylation sites is 1. The molecule has 0 aromatic heterocycles. The van der Waals surface area contributed by atoms with Crippen molar-refractivity contribution in [2.24, 2.45) is 4.99 Å². The van der Waals surface area contributed by atoms with Crippen LogP contribution in [-0.2, 0) is 26.3 Å². The Morgan fingerprint density at radius 1 is 0.897 bits per heavy atom. The molecule has 1 aliphatic rings. The van der Waals surface area contributed by atoms with Gasteiger partial charge in [0.1, 0.15) is 5.75 Å². The van der Waals surface area contributed by atoms with Gasteiger partial charge in [-0.05, 0) is 37.0 Å². The fraction of sp³-hybridized carbons (Fsp3) is 0.208. The van der Waals surface area contributed by atoms with Crippen LogP contribution < -0.4 is 0 Å². The number of aromatic hydroxyl groups is 1. The number of phenols is 1. The number of hydrogen-bond acceptors (Lipinski definition) is 2. The Morgan fingerprint density at radius 2 is 1.41 bits per heavy atom. The van der Waals surface area contributed by atoms with E-state index < -0.39 is 26.3 Å². The standard InChI is InChI=1S/C24H23NO.2ClH.Zr/c1-24(19-10-4-2-5-11-19,20-12-6-3-7-13-20)22-14-8-9-18(23(22)26)17-25-21-15-16-21;;;/h2-14,17,21,26H,15-16H2,1H3;2*1H;/q;;;+2/p-2. The molecule has 0 saturated heterocycles. The first-order chi connectivity index (χ1) is 14.1. The number of benzene rings is 3. The molecule has 5 heteroatoms. The molecule has 3 aromatic rings. The third-order valence-electron chi connectivity index (χ3n) is 5.28. The van der Waals surface area contributed by atoms with Crippen LogP contribution in [0.4, 0.5) is 0 Å². The number of halogens is 2. The summed E-state index contributed by atoms with van der Waals surface area (Å²) in [5.74, 6) is 0.312. The van der Waals surface area contributed by atoms with E-state index in [2.05, 4.69) is 36.2 Å². The summed E-state index contributed by atoms with van der Waals surface area (Å²) in [6.45, 7) is 2.18. The summed E-state index contributed by atoms with van der Waals surface area (Å²) in [4.78, 5) is 4.55. The molecule has 1 fully saturated rings. The molecular formula is C24H23Cl2NOZr. The Morgan fingerprint density at radius 3 is 1.90 bits per heavy atom. The molecule has 1 saturated carbocycles. The molecule has 0 radical (unpaired) electrons. The van der Waals surface area contributed by atoms with Crippen LogP contribution in [0.5, 0.6) is 5.75 Å². The van der Waals surface area contributed by atoms with Crippen molar-refractivity contribution in [1.82, 2.24) is 0 Å². The SMILES string of the molecule is CC(c1ccccc1)(c1ccccc1)c1cccc(C=NC2CC2)c1O.[Cl][Zr][Cl]. The van der Waals surface area contributed by atoms with Gasteiger partial charge in [0.05, 0.1) is 6.04 Å². The van der Waals surface area contributed by atoms with Crippen molar-refractivity contribution in [1.29, 1.82) is 0 Å². The number of nitrogens with zero attached hydrogens (tertiary/aromatic N) is 1. The van der Waals surface area contributed by atoms with Gasteiger partial charge in [-0.1, -0.05) is 72.8 Å². The van der Waals surface area contributed by atoms with Crippen LogP contribution in [0.15, 0.2) is 83.9 Å². The van der Waals surface area contributed by atoms with Gasteiger partial charge in [-0.15, -0.1) is 0 Å². The van der Waals surface area contributed by atoms with Crippen LogP contribution in [0.3, 0.4) is 0 Å². The van der Waals surface area contributed by atoms with Crippen LogP contribution in [0, 0.1) is 0 Å². The molecule has 0 heterocycles. The minimum atomic E-state index is -0.826. The second kappa shape index (κ2) is 10.6. The van der Waals surface area contributed by atoms with Gasteiger partial charge in [-0.3, -0.25) is 4.99 Å². The molecular weight excluding hydrogens is 480 g/mol. The van der Waals surface area contributed by atoms with Crippen LogP contribution in [0.2, 0.25) is 0 Å². The van der Waals surface area contributed by atoms with Gasteiger partial charge in [-0.2, -0.15) is 0 Å². The first kappa shape index (κ1) is 22.3. The summed E-state index contributed by atoms with van der Waals surface area (Å²) < 4.78 is 0. The first-order valence-electron chi connectivity index (χ1n) is 9.54. The van der Waals surface area contributed by atoms with Crippen molar-refractivity contribution in [2.45, 2.75) is 31.2 Å². The Bertz CT molecular complexity index is 904. The third-order valence-corrected chi connectivity index (χ3v) is 5.28. The summed E-state index contributed by atoms with van der Waals surface area (Å²) in [7, 11) is 9.87. The van der Waals surface area contributed by atoms with Gasteiger partial charge < -0.3 is 5.11 Å². The van der Waals surface area contributed by atoms with Crippen molar-refractivity contribution < 1.29 is 26.0 Å². The predicted molar refractivity (Wildman–Crippen MR) is 119 cm³/mol. The summed E-state index contributed by atoms with van der Waals surface area (Å²) in [5.41, 5.74) is 3.54. The number of hydrogen-bond donors (Lipinski definition) is 1. The second-order valence-corrected chi connectivity index (χ2v) is 10.9. The molecule has 2 nitrogen and oxygen atoms in total. The normalized spacial score (nSPS) is 13.6. The van der Waals surface area contributed by atoms with Crippen LogP contribution in [0.25, 0.3) is 0 Å². The third kappa shape index (κ3) is 5.40. The second-order valence-electron chi connectivity index (χ2n) is 7.18. The Hall–Kier alpha value is -1.41. The molecule has 0 spiro atoms. The van der Waals surface area contributed by atoms with E-state index in [1.54, 1.807) is 0 Å². The van der Waals surface area contributed by atoms with Crippen molar-refractivity contribution >= 4 is 23.2 Å². The molecule has 0 aliphatic heterocycles. The van der Waals surface area contributed by atoms with Gasteiger partial charge >= 0.3 is 37.9 Å². The van der Waals surface area contributed by atoms with E-state index in [1.165, 1.54) is 0 Å². The van der Waals surface area contributed by atoms with E-state index in [0.29, 0.717) is 11.8 Å². The molecule has 29 heavy (non-hydrogen) atoms. The van der Waals surface area contributed by atoms with Gasteiger partial charge in [0.2, 0.25) is 0 Å². The zero-order chi connectivity index (χ0) is 20.7. The summed E-state index contributed by atoms with van der Waals surface area (Å²) in [6.07, 6.45) is 4.14. The zero-order valence-electron chi connectivity index (χ0n) is 16.2.